The minimum absolute atomic E-state index is 0.0942. The van der Waals surface area contributed by atoms with Gasteiger partial charge >= 0.3 is 0 Å². The van der Waals surface area contributed by atoms with Crippen molar-refractivity contribution in [2.75, 3.05) is 13.1 Å². The topological polar surface area (TPSA) is 46.3 Å². The number of rotatable bonds is 3. The third-order valence-corrected chi connectivity index (χ3v) is 3.49. The van der Waals surface area contributed by atoms with Crippen LogP contribution in [0, 0.1) is 5.82 Å². The molecule has 0 saturated carbocycles. The molecule has 98 valence electrons. The van der Waals surface area contributed by atoms with Crippen LogP contribution in [-0.2, 0) is 11.2 Å². The number of halogens is 1. The van der Waals surface area contributed by atoms with Crippen molar-refractivity contribution >= 4 is 5.91 Å². The Hall–Kier alpha value is -1.42. The molecule has 0 aliphatic carbocycles. The zero-order chi connectivity index (χ0) is 13.0. The van der Waals surface area contributed by atoms with Gasteiger partial charge in [-0.1, -0.05) is 12.1 Å². The number of amides is 1. The highest BCUT2D eigenvalue weighted by molar-refractivity contribution is 5.79. The number of piperidine rings is 1. The summed E-state index contributed by atoms with van der Waals surface area (Å²) in [4.78, 5) is 14.1. The van der Waals surface area contributed by atoms with Crippen LogP contribution in [0.5, 0.6) is 0 Å². The smallest absolute Gasteiger partial charge is 0.227 e. The minimum atomic E-state index is -0.274. The van der Waals surface area contributed by atoms with Crippen molar-refractivity contribution in [1.29, 1.82) is 0 Å². The Bertz CT molecular complexity index is 405. The largest absolute Gasteiger partial charge is 0.338 e. The normalized spacial score (nSPS) is 19.9. The van der Waals surface area contributed by atoms with Gasteiger partial charge in [0.2, 0.25) is 5.91 Å². The molecule has 3 nitrogen and oxygen atoms in total. The predicted octanol–water partition coefficient (Wildman–Crippen LogP) is 1.71. The summed E-state index contributed by atoms with van der Waals surface area (Å²) in [7, 11) is 0. The van der Waals surface area contributed by atoms with Gasteiger partial charge in [-0.2, -0.15) is 0 Å². The quantitative estimate of drug-likeness (QED) is 0.887. The van der Waals surface area contributed by atoms with E-state index in [2.05, 4.69) is 0 Å². The molecule has 1 heterocycles. The van der Waals surface area contributed by atoms with Crippen molar-refractivity contribution in [1.82, 2.24) is 4.90 Å². The molecule has 0 spiro atoms. The van der Waals surface area contributed by atoms with Crippen LogP contribution >= 0.6 is 0 Å². The molecule has 4 heteroatoms. The molecule has 1 aliphatic rings. The van der Waals surface area contributed by atoms with Gasteiger partial charge in [0.25, 0.3) is 0 Å². The Morgan fingerprint density at radius 1 is 1.33 bits per heavy atom. The number of hydrogen-bond acceptors (Lipinski definition) is 2. The highest BCUT2D eigenvalue weighted by Gasteiger charge is 2.25. The van der Waals surface area contributed by atoms with Crippen LogP contribution < -0.4 is 5.73 Å². The molecule has 18 heavy (non-hydrogen) atoms. The van der Waals surface area contributed by atoms with Crippen molar-refractivity contribution in [3.63, 3.8) is 0 Å². The fraction of sp³-hybridized carbons (Fsp3) is 0.500. The summed E-state index contributed by atoms with van der Waals surface area (Å²) in [5.74, 6) is -0.180. The second kappa shape index (κ2) is 5.96. The van der Waals surface area contributed by atoms with E-state index in [0.717, 1.165) is 31.4 Å². The number of likely N-dealkylation sites (tertiary alicyclic amines) is 1. The lowest BCUT2D eigenvalue weighted by Gasteiger charge is -2.35. The number of nitrogens with zero attached hydrogens (tertiary/aromatic N) is 1. The van der Waals surface area contributed by atoms with Crippen LogP contribution in [-0.4, -0.2) is 29.9 Å². The number of carbonyl (C=O) groups excluding carboxylic acids is 1. The van der Waals surface area contributed by atoms with Crippen molar-refractivity contribution in [2.24, 2.45) is 5.73 Å². The fourth-order valence-electron chi connectivity index (χ4n) is 2.45. The van der Waals surface area contributed by atoms with E-state index in [1.165, 1.54) is 12.1 Å². The van der Waals surface area contributed by atoms with E-state index < -0.39 is 0 Å². The average Bonchev–Trinajstić information content (AvgIpc) is 2.41. The molecule has 1 aromatic carbocycles. The lowest BCUT2D eigenvalue weighted by atomic mass is 10.0. The van der Waals surface area contributed by atoms with Crippen molar-refractivity contribution in [2.45, 2.75) is 31.7 Å². The van der Waals surface area contributed by atoms with Gasteiger partial charge in [0.1, 0.15) is 5.82 Å². The second-order valence-electron chi connectivity index (χ2n) is 4.78. The van der Waals surface area contributed by atoms with E-state index in [1.54, 1.807) is 12.1 Å². The molecule has 0 unspecified atom stereocenters. The molecule has 1 saturated heterocycles. The van der Waals surface area contributed by atoms with Gasteiger partial charge < -0.3 is 10.6 Å². The first-order chi connectivity index (χ1) is 8.70. The summed E-state index contributed by atoms with van der Waals surface area (Å²) >= 11 is 0. The minimum Gasteiger partial charge on any atom is -0.338 e. The molecule has 2 rings (SSSR count). The Kier molecular flexibility index (Phi) is 4.31. The zero-order valence-corrected chi connectivity index (χ0v) is 10.4. The van der Waals surface area contributed by atoms with E-state index in [0.29, 0.717) is 13.0 Å². The predicted molar refractivity (Wildman–Crippen MR) is 68.5 cm³/mol. The van der Waals surface area contributed by atoms with E-state index in [-0.39, 0.29) is 17.8 Å². The number of benzene rings is 1. The molecule has 1 aliphatic heterocycles. The van der Waals surface area contributed by atoms with Crippen molar-refractivity contribution < 1.29 is 9.18 Å². The van der Waals surface area contributed by atoms with Crippen molar-refractivity contribution in [3.8, 4) is 0 Å². The summed E-state index contributed by atoms with van der Waals surface area (Å²) in [5, 5.41) is 0. The number of nitrogens with two attached hydrogens (primary N) is 1. The molecule has 2 N–H and O–H groups in total. The highest BCUT2D eigenvalue weighted by atomic mass is 19.1. The lowest BCUT2D eigenvalue weighted by Crippen LogP contribution is -2.48. The van der Waals surface area contributed by atoms with Crippen LogP contribution in [0.15, 0.2) is 24.3 Å². The van der Waals surface area contributed by atoms with E-state index in [1.807, 2.05) is 4.90 Å². The monoisotopic (exact) mass is 250 g/mol. The third kappa shape index (κ3) is 3.07. The number of carbonyl (C=O) groups is 1. The van der Waals surface area contributed by atoms with Gasteiger partial charge in [0, 0.05) is 19.1 Å². The zero-order valence-electron chi connectivity index (χ0n) is 10.4. The fourth-order valence-corrected chi connectivity index (χ4v) is 2.45. The molecule has 1 amide bonds. The maximum absolute atomic E-state index is 12.8. The van der Waals surface area contributed by atoms with Gasteiger partial charge in [0.15, 0.2) is 0 Å². The third-order valence-electron chi connectivity index (χ3n) is 3.49. The molecule has 1 aromatic rings. The molecule has 1 fully saturated rings. The molecule has 1 atom stereocenters. The summed E-state index contributed by atoms with van der Waals surface area (Å²) in [5.41, 5.74) is 6.55. The maximum Gasteiger partial charge on any atom is 0.227 e. The average molecular weight is 250 g/mol. The standard InChI is InChI=1S/C14H19FN2O/c15-12-6-4-11(5-7-12)9-14(18)17-8-2-1-3-13(17)10-16/h4-7,13H,1-3,8-10,16H2/t13-/m0/s1. The van der Waals surface area contributed by atoms with Gasteiger partial charge in [-0.05, 0) is 37.0 Å². The molecular formula is C14H19FN2O. The highest BCUT2D eigenvalue weighted by Crippen LogP contribution is 2.17. The Morgan fingerprint density at radius 3 is 2.72 bits per heavy atom. The molecule has 0 bridgehead atoms. The first-order valence-electron chi connectivity index (χ1n) is 6.44. The Morgan fingerprint density at radius 2 is 2.06 bits per heavy atom. The van der Waals surface area contributed by atoms with E-state index in [9.17, 15) is 9.18 Å². The summed E-state index contributed by atoms with van der Waals surface area (Å²) < 4.78 is 12.8. The van der Waals surface area contributed by atoms with Gasteiger partial charge in [0.05, 0.1) is 6.42 Å². The number of hydrogen-bond donors (Lipinski definition) is 1. The first-order valence-corrected chi connectivity index (χ1v) is 6.44. The van der Waals surface area contributed by atoms with Crippen LogP contribution in [0.2, 0.25) is 0 Å². The van der Waals surface area contributed by atoms with Crippen molar-refractivity contribution in [3.05, 3.63) is 35.6 Å². The first kappa shape index (κ1) is 13.0. The van der Waals surface area contributed by atoms with E-state index >= 15 is 0 Å². The van der Waals surface area contributed by atoms with Crippen LogP contribution in [0.25, 0.3) is 0 Å². The van der Waals surface area contributed by atoms with Crippen LogP contribution in [0.1, 0.15) is 24.8 Å². The summed E-state index contributed by atoms with van der Waals surface area (Å²) in [6, 6.07) is 6.27. The molecule has 0 aromatic heterocycles. The van der Waals surface area contributed by atoms with Gasteiger partial charge in [-0.15, -0.1) is 0 Å². The van der Waals surface area contributed by atoms with Crippen LogP contribution in [0.4, 0.5) is 4.39 Å². The summed E-state index contributed by atoms with van der Waals surface area (Å²) in [6.45, 7) is 1.32. The van der Waals surface area contributed by atoms with E-state index in [4.69, 9.17) is 5.73 Å². The van der Waals surface area contributed by atoms with Gasteiger partial charge in [-0.25, -0.2) is 4.39 Å². The molecule has 0 radical (unpaired) electrons. The SMILES string of the molecule is NC[C@@H]1CCCCN1C(=O)Cc1ccc(F)cc1. The molecular weight excluding hydrogens is 231 g/mol. The Balaban J connectivity index is 2.00. The Labute approximate surface area is 107 Å². The summed E-state index contributed by atoms with van der Waals surface area (Å²) in [6.07, 6.45) is 3.51. The lowest BCUT2D eigenvalue weighted by molar-refractivity contribution is -0.133. The van der Waals surface area contributed by atoms with Gasteiger partial charge in [-0.3, -0.25) is 4.79 Å². The second-order valence-corrected chi connectivity index (χ2v) is 4.78. The van der Waals surface area contributed by atoms with Crippen LogP contribution in [0.3, 0.4) is 0 Å². The maximum atomic E-state index is 12.8.